The van der Waals surface area contributed by atoms with Crippen molar-refractivity contribution in [1.29, 1.82) is 0 Å². The summed E-state index contributed by atoms with van der Waals surface area (Å²) in [6, 6.07) is 0. The number of ether oxygens (including phenoxy) is 18. The van der Waals surface area contributed by atoms with Crippen LogP contribution in [0.25, 0.3) is 0 Å². The van der Waals surface area contributed by atoms with Gasteiger partial charge in [-0.2, -0.15) is 0 Å². The molecular weight excluding hydrogens is 856 g/mol. The fraction of sp³-hybridized carbons (Fsp3) is 0.957. The van der Waals surface area contributed by atoms with Gasteiger partial charge in [-0.05, 0) is 19.3 Å². The molecule has 0 heterocycles. The lowest BCUT2D eigenvalue weighted by atomic mass is 10.1. The molecule has 1 N–H and O–H groups in total. The maximum absolute atomic E-state index is 8.60. The molecule has 0 radical (unpaired) electrons. The Hall–Kier alpha value is -1.02. The molecule has 0 aliphatic rings. The van der Waals surface area contributed by atoms with Gasteiger partial charge in [0.05, 0.1) is 244 Å². The van der Waals surface area contributed by atoms with Gasteiger partial charge in [0.1, 0.15) is 0 Å². The molecular formula is C46H92O19. The lowest BCUT2D eigenvalue weighted by Gasteiger charge is -2.09. The Kier molecular flexibility index (Phi) is 62.0. The predicted molar refractivity (Wildman–Crippen MR) is 244 cm³/mol. The van der Waals surface area contributed by atoms with E-state index >= 15 is 0 Å². The smallest absolute Gasteiger partial charge is 0.0701 e. The molecule has 0 amide bonds. The highest BCUT2D eigenvalue weighted by atomic mass is 16.6. The van der Waals surface area contributed by atoms with Gasteiger partial charge < -0.3 is 90.4 Å². The Morgan fingerprint density at radius 2 is 0.400 bits per heavy atom. The molecule has 0 bridgehead atoms. The number of unbranched alkanes of at least 4 members (excludes halogenated alkanes) is 4. The van der Waals surface area contributed by atoms with Crippen molar-refractivity contribution >= 4 is 0 Å². The largest absolute Gasteiger partial charge is 0.394 e. The van der Waals surface area contributed by atoms with Crippen LogP contribution in [-0.4, -0.2) is 250 Å². The SMILES string of the molecule is CCCCCC/C=C/CCOCCOCCOCCOCCOCCOCCOCCOCCOCCOCCOCCOCCOCCOCCOCCOCCOCCOCCO. The van der Waals surface area contributed by atoms with E-state index in [0.717, 1.165) is 13.0 Å². The van der Waals surface area contributed by atoms with Gasteiger partial charge in [0.15, 0.2) is 0 Å². The molecule has 0 saturated carbocycles. The molecule has 0 aliphatic carbocycles. The van der Waals surface area contributed by atoms with Crippen LogP contribution in [0.1, 0.15) is 45.4 Å². The quantitative estimate of drug-likeness (QED) is 0.0692. The second-order valence-corrected chi connectivity index (χ2v) is 13.9. The minimum Gasteiger partial charge on any atom is -0.394 e. The Labute approximate surface area is 391 Å². The number of allylic oxidation sites excluding steroid dienone is 1. The van der Waals surface area contributed by atoms with E-state index in [1.807, 2.05) is 0 Å². The molecule has 19 heteroatoms. The summed E-state index contributed by atoms with van der Waals surface area (Å²) >= 11 is 0. The van der Waals surface area contributed by atoms with Crippen LogP contribution in [-0.2, 0) is 85.3 Å². The van der Waals surface area contributed by atoms with E-state index < -0.39 is 0 Å². The zero-order chi connectivity index (χ0) is 46.5. The van der Waals surface area contributed by atoms with Gasteiger partial charge in [-0.25, -0.2) is 0 Å². The first-order valence-corrected chi connectivity index (χ1v) is 24.1. The van der Waals surface area contributed by atoms with Crippen LogP contribution in [0.3, 0.4) is 0 Å². The fourth-order valence-electron chi connectivity index (χ4n) is 4.98. The average Bonchev–Trinajstić information content (AvgIpc) is 3.32. The first-order chi connectivity index (χ1) is 32.4. The molecule has 0 rings (SSSR count). The van der Waals surface area contributed by atoms with Gasteiger partial charge in [0.25, 0.3) is 0 Å². The number of aliphatic hydroxyl groups is 1. The number of aliphatic hydroxyl groups excluding tert-OH is 1. The first kappa shape index (κ1) is 64.0. The first-order valence-electron chi connectivity index (χ1n) is 24.1. The highest BCUT2D eigenvalue weighted by Gasteiger charge is 1.99. The van der Waals surface area contributed by atoms with E-state index in [9.17, 15) is 0 Å². The van der Waals surface area contributed by atoms with Gasteiger partial charge in [-0.15, -0.1) is 0 Å². The van der Waals surface area contributed by atoms with Crippen molar-refractivity contribution in [2.24, 2.45) is 0 Å². The Morgan fingerprint density at radius 1 is 0.215 bits per heavy atom. The van der Waals surface area contributed by atoms with Crippen molar-refractivity contribution in [3.8, 4) is 0 Å². The molecule has 0 atom stereocenters. The van der Waals surface area contributed by atoms with Gasteiger partial charge in [-0.3, -0.25) is 0 Å². The van der Waals surface area contributed by atoms with Crippen molar-refractivity contribution in [3.63, 3.8) is 0 Å². The van der Waals surface area contributed by atoms with Crippen LogP contribution >= 0.6 is 0 Å². The van der Waals surface area contributed by atoms with E-state index in [4.69, 9.17) is 90.4 Å². The lowest BCUT2D eigenvalue weighted by molar-refractivity contribution is -0.0310. The van der Waals surface area contributed by atoms with Crippen LogP contribution < -0.4 is 0 Å². The van der Waals surface area contributed by atoms with Crippen LogP contribution in [0.15, 0.2) is 12.2 Å². The van der Waals surface area contributed by atoms with Crippen LogP contribution in [0, 0.1) is 0 Å². The summed E-state index contributed by atoms with van der Waals surface area (Å²) in [6.07, 6.45) is 11.8. The molecule has 0 fully saturated rings. The molecule has 0 aliphatic heterocycles. The lowest BCUT2D eigenvalue weighted by Crippen LogP contribution is -2.16. The summed E-state index contributed by atoms with van der Waals surface area (Å²) in [4.78, 5) is 0. The average molecular weight is 949 g/mol. The molecule has 0 aromatic carbocycles. The summed E-state index contributed by atoms with van der Waals surface area (Å²) in [6.45, 7) is 20.6. The minimum absolute atomic E-state index is 0.0210. The van der Waals surface area contributed by atoms with E-state index in [2.05, 4.69) is 19.1 Å². The van der Waals surface area contributed by atoms with Crippen molar-refractivity contribution in [2.45, 2.75) is 45.4 Å². The van der Waals surface area contributed by atoms with Gasteiger partial charge >= 0.3 is 0 Å². The zero-order valence-electron chi connectivity index (χ0n) is 40.4. The van der Waals surface area contributed by atoms with Crippen LogP contribution in [0.5, 0.6) is 0 Å². The summed E-state index contributed by atoms with van der Waals surface area (Å²) in [5.41, 5.74) is 0. The number of rotatable bonds is 61. The Morgan fingerprint density at radius 3 is 0.600 bits per heavy atom. The van der Waals surface area contributed by atoms with E-state index in [-0.39, 0.29) is 6.61 Å². The van der Waals surface area contributed by atoms with E-state index in [1.165, 1.54) is 32.1 Å². The van der Waals surface area contributed by atoms with Crippen molar-refractivity contribution in [1.82, 2.24) is 0 Å². The third-order valence-corrected chi connectivity index (χ3v) is 8.38. The van der Waals surface area contributed by atoms with Crippen molar-refractivity contribution in [3.05, 3.63) is 12.2 Å². The topological polar surface area (TPSA) is 186 Å². The second-order valence-electron chi connectivity index (χ2n) is 13.9. The van der Waals surface area contributed by atoms with Gasteiger partial charge in [0.2, 0.25) is 0 Å². The van der Waals surface area contributed by atoms with Crippen LogP contribution in [0.2, 0.25) is 0 Å². The summed E-state index contributed by atoms with van der Waals surface area (Å²) < 4.78 is 98.5. The standard InChI is InChI=1S/C46H92O19/c1-2-3-4-5-6-7-8-9-11-48-13-15-50-17-19-52-21-23-54-25-27-56-29-31-58-33-35-60-37-39-62-41-43-64-45-46-65-44-42-63-40-38-61-36-34-59-32-30-57-28-26-55-24-22-53-20-18-51-16-14-49-12-10-47/h7-8,47H,2-6,9-46H2,1H3/b8-7+. The summed E-state index contributed by atoms with van der Waals surface area (Å²) in [7, 11) is 0. The zero-order valence-corrected chi connectivity index (χ0v) is 40.4. The molecule has 0 aromatic rings. The third kappa shape index (κ3) is 63.0. The minimum atomic E-state index is 0.0210. The number of hydrogen-bond acceptors (Lipinski definition) is 19. The maximum atomic E-state index is 8.60. The fourth-order valence-corrected chi connectivity index (χ4v) is 4.98. The molecule has 0 aromatic heterocycles. The van der Waals surface area contributed by atoms with Gasteiger partial charge in [-0.1, -0.05) is 38.3 Å². The van der Waals surface area contributed by atoms with Crippen LogP contribution in [0.4, 0.5) is 0 Å². The third-order valence-electron chi connectivity index (χ3n) is 8.38. The maximum Gasteiger partial charge on any atom is 0.0701 e. The molecule has 65 heavy (non-hydrogen) atoms. The van der Waals surface area contributed by atoms with Gasteiger partial charge in [0, 0.05) is 0 Å². The molecule has 0 spiro atoms. The van der Waals surface area contributed by atoms with Crippen molar-refractivity contribution in [2.75, 3.05) is 244 Å². The number of hydrogen-bond donors (Lipinski definition) is 1. The normalized spacial score (nSPS) is 11.8. The Balaban J connectivity index is 3.07. The molecule has 19 nitrogen and oxygen atoms in total. The summed E-state index contributed by atoms with van der Waals surface area (Å²) in [5, 5.41) is 8.60. The molecule has 390 valence electrons. The monoisotopic (exact) mass is 949 g/mol. The Bertz CT molecular complexity index is 851. The molecule has 0 unspecified atom stereocenters. The predicted octanol–water partition coefficient (Wildman–Crippen LogP) is 3.19. The highest BCUT2D eigenvalue weighted by Crippen LogP contribution is 2.03. The van der Waals surface area contributed by atoms with E-state index in [0.29, 0.717) is 231 Å². The highest BCUT2D eigenvalue weighted by molar-refractivity contribution is 4.81. The van der Waals surface area contributed by atoms with E-state index in [1.54, 1.807) is 0 Å². The summed E-state index contributed by atoms with van der Waals surface area (Å²) in [5.74, 6) is 0. The second kappa shape index (κ2) is 63.0. The van der Waals surface area contributed by atoms with Crippen molar-refractivity contribution < 1.29 is 90.4 Å². The molecule has 0 saturated heterocycles.